The molecular formula is C30H34N4O6S. The molecule has 1 heterocycles. The van der Waals surface area contributed by atoms with Crippen molar-refractivity contribution in [1.29, 1.82) is 5.26 Å². The first-order chi connectivity index (χ1) is 19.7. The van der Waals surface area contributed by atoms with E-state index in [1.165, 1.54) is 4.31 Å². The summed E-state index contributed by atoms with van der Waals surface area (Å²) in [6.07, 6.45) is 0.492. The number of hydrogen-bond acceptors (Lipinski definition) is 8. The van der Waals surface area contributed by atoms with E-state index < -0.39 is 10.0 Å². The van der Waals surface area contributed by atoms with Gasteiger partial charge in [0, 0.05) is 45.3 Å². The number of carbonyl (C=O) groups is 1. The van der Waals surface area contributed by atoms with Gasteiger partial charge in [-0.15, -0.1) is 0 Å². The minimum absolute atomic E-state index is 0.138. The number of sulfonamides is 1. The van der Waals surface area contributed by atoms with Crippen LogP contribution in [-0.4, -0.2) is 84.6 Å². The molecular weight excluding hydrogens is 544 g/mol. The Bertz CT molecular complexity index is 1540. The molecule has 3 aromatic carbocycles. The molecule has 1 amide bonds. The zero-order valence-electron chi connectivity index (χ0n) is 23.7. The van der Waals surface area contributed by atoms with Gasteiger partial charge in [0.05, 0.1) is 43.5 Å². The molecule has 0 spiro atoms. The number of hydrogen-bond donors (Lipinski definition) is 0. The van der Waals surface area contributed by atoms with Crippen molar-refractivity contribution in [2.75, 3.05) is 66.0 Å². The predicted octanol–water partition coefficient (Wildman–Crippen LogP) is 3.41. The van der Waals surface area contributed by atoms with E-state index in [0.29, 0.717) is 66.7 Å². The lowest BCUT2D eigenvalue weighted by Gasteiger charge is -2.37. The molecule has 0 radical (unpaired) electrons. The van der Waals surface area contributed by atoms with Crippen LogP contribution in [0.4, 0.5) is 5.69 Å². The highest BCUT2D eigenvalue weighted by atomic mass is 32.2. The second-order valence-electron chi connectivity index (χ2n) is 9.57. The van der Waals surface area contributed by atoms with Gasteiger partial charge in [-0.3, -0.25) is 4.79 Å². The number of ether oxygens (including phenoxy) is 3. The van der Waals surface area contributed by atoms with Crippen LogP contribution in [0.2, 0.25) is 0 Å². The summed E-state index contributed by atoms with van der Waals surface area (Å²) in [7, 11) is 2.45. The molecule has 10 nitrogen and oxygen atoms in total. The second kappa shape index (κ2) is 12.9. The van der Waals surface area contributed by atoms with Gasteiger partial charge >= 0.3 is 0 Å². The molecule has 0 N–H and O–H groups in total. The molecule has 1 aliphatic rings. The highest BCUT2D eigenvalue weighted by Gasteiger charge is 2.27. The SMILES string of the molecule is COc1ccc(CCN(C)S(=O)(=O)c2ccc(OC)c(N3CCN(C(=O)c4cccc(C#N)c4)CC3)c2)cc1OC. The van der Waals surface area contributed by atoms with E-state index in [2.05, 4.69) is 6.07 Å². The zero-order chi connectivity index (χ0) is 29.6. The first kappa shape index (κ1) is 29.7. The monoisotopic (exact) mass is 578 g/mol. The molecule has 0 saturated carbocycles. The van der Waals surface area contributed by atoms with Crippen LogP contribution in [0, 0.1) is 11.3 Å². The number of anilines is 1. The van der Waals surface area contributed by atoms with Crippen LogP contribution in [0.15, 0.2) is 65.6 Å². The third kappa shape index (κ3) is 6.56. The summed E-state index contributed by atoms with van der Waals surface area (Å²) < 4.78 is 44.5. The Morgan fingerprint density at radius 3 is 2.24 bits per heavy atom. The Kier molecular flexibility index (Phi) is 9.37. The van der Waals surface area contributed by atoms with Gasteiger partial charge in [0.15, 0.2) is 11.5 Å². The summed E-state index contributed by atoms with van der Waals surface area (Å²) in [6.45, 7) is 2.16. The number of nitriles is 1. The Hall–Kier alpha value is -4.27. The molecule has 41 heavy (non-hydrogen) atoms. The van der Waals surface area contributed by atoms with Crippen LogP contribution in [0.3, 0.4) is 0 Å². The van der Waals surface area contributed by atoms with Gasteiger partial charge in [0.25, 0.3) is 5.91 Å². The standard InChI is InChI=1S/C30H34N4O6S/c1-32(13-12-22-8-10-28(39-3)29(19-22)40-4)41(36,37)25-9-11-27(38-2)26(20-25)33-14-16-34(17-15-33)30(35)24-7-5-6-23(18-24)21-31/h5-11,18-20H,12-17H2,1-4H3. The first-order valence-electron chi connectivity index (χ1n) is 13.1. The van der Waals surface area contributed by atoms with E-state index in [1.54, 1.807) is 81.8 Å². The van der Waals surface area contributed by atoms with Gasteiger partial charge in [-0.2, -0.15) is 5.26 Å². The molecule has 0 atom stereocenters. The minimum Gasteiger partial charge on any atom is -0.495 e. The Balaban J connectivity index is 1.46. The lowest BCUT2D eigenvalue weighted by Crippen LogP contribution is -2.49. The average molecular weight is 579 g/mol. The van der Waals surface area contributed by atoms with Crippen LogP contribution in [-0.2, 0) is 16.4 Å². The van der Waals surface area contributed by atoms with E-state index in [9.17, 15) is 13.2 Å². The van der Waals surface area contributed by atoms with Crippen molar-refractivity contribution in [3.63, 3.8) is 0 Å². The molecule has 1 saturated heterocycles. The maximum Gasteiger partial charge on any atom is 0.254 e. The molecule has 0 aromatic heterocycles. The van der Waals surface area contributed by atoms with Crippen LogP contribution >= 0.6 is 0 Å². The molecule has 1 fully saturated rings. The van der Waals surface area contributed by atoms with E-state index in [0.717, 1.165) is 5.56 Å². The minimum atomic E-state index is -3.79. The van der Waals surface area contributed by atoms with Gasteiger partial charge in [0.2, 0.25) is 10.0 Å². The van der Waals surface area contributed by atoms with Crippen molar-refractivity contribution >= 4 is 21.6 Å². The van der Waals surface area contributed by atoms with E-state index in [4.69, 9.17) is 19.5 Å². The molecule has 0 aliphatic carbocycles. The van der Waals surface area contributed by atoms with Crippen LogP contribution in [0.5, 0.6) is 17.2 Å². The summed E-state index contributed by atoms with van der Waals surface area (Å²) in [4.78, 5) is 16.9. The fraction of sp³-hybridized carbons (Fsp3) is 0.333. The maximum absolute atomic E-state index is 13.5. The number of piperazine rings is 1. The summed E-state index contributed by atoms with van der Waals surface area (Å²) in [5.41, 5.74) is 2.48. The van der Waals surface area contributed by atoms with Crippen LogP contribution < -0.4 is 19.1 Å². The van der Waals surface area contributed by atoms with Crippen molar-refractivity contribution in [3.05, 3.63) is 77.4 Å². The highest BCUT2D eigenvalue weighted by molar-refractivity contribution is 7.89. The summed E-state index contributed by atoms with van der Waals surface area (Å²) in [5, 5.41) is 9.15. The Labute approximate surface area is 241 Å². The van der Waals surface area contributed by atoms with E-state index in [-0.39, 0.29) is 17.3 Å². The van der Waals surface area contributed by atoms with Gasteiger partial charge < -0.3 is 24.0 Å². The van der Waals surface area contributed by atoms with Crippen molar-refractivity contribution in [2.45, 2.75) is 11.3 Å². The number of likely N-dealkylation sites (N-methyl/N-ethyl adjacent to an activating group) is 1. The lowest BCUT2D eigenvalue weighted by atomic mass is 10.1. The van der Waals surface area contributed by atoms with Crippen molar-refractivity contribution in [3.8, 4) is 23.3 Å². The van der Waals surface area contributed by atoms with Crippen LogP contribution in [0.25, 0.3) is 0 Å². The Morgan fingerprint density at radius 1 is 0.902 bits per heavy atom. The molecule has 216 valence electrons. The van der Waals surface area contributed by atoms with Crippen molar-refractivity contribution in [1.82, 2.24) is 9.21 Å². The highest BCUT2D eigenvalue weighted by Crippen LogP contribution is 2.33. The third-order valence-corrected chi connectivity index (χ3v) is 9.02. The summed E-state index contributed by atoms with van der Waals surface area (Å²) in [6, 6.07) is 19.1. The number of carbonyl (C=O) groups excluding carboxylic acids is 1. The van der Waals surface area contributed by atoms with Gasteiger partial charge in [-0.1, -0.05) is 12.1 Å². The van der Waals surface area contributed by atoms with Gasteiger partial charge in [0.1, 0.15) is 5.75 Å². The number of rotatable bonds is 10. The largest absolute Gasteiger partial charge is 0.495 e. The fourth-order valence-electron chi connectivity index (χ4n) is 4.75. The quantitative estimate of drug-likeness (QED) is 0.360. The molecule has 11 heteroatoms. The summed E-state index contributed by atoms with van der Waals surface area (Å²) >= 11 is 0. The molecule has 0 unspecified atom stereocenters. The van der Waals surface area contributed by atoms with Gasteiger partial charge in [-0.25, -0.2) is 12.7 Å². The molecule has 0 bridgehead atoms. The van der Waals surface area contributed by atoms with E-state index >= 15 is 0 Å². The summed E-state index contributed by atoms with van der Waals surface area (Å²) in [5.74, 6) is 1.62. The van der Waals surface area contributed by atoms with Gasteiger partial charge in [-0.05, 0) is 60.5 Å². The fourth-order valence-corrected chi connectivity index (χ4v) is 5.95. The average Bonchev–Trinajstić information content (AvgIpc) is 3.02. The number of benzene rings is 3. The molecule has 1 aliphatic heterocycles. The number of nitrogens with zero attached hydrogens (tertiary/aromatic N) is 4. The first-order valence-corrected chi connectivity index (χ1v) is 14.6. The lowest BCUT2D eigenvalue weighted by molar-refractivity contribution is 0.0746. The number of amides is 1. The number of methoxy groups -OCH3 is 3. The van der Waals surface area contributed by atoms with E-state index in [1.807, 2.05) is 17.0 Å². The molecule has 3 aromatic rings. The van der Waals surface area contributed by atoms with Crippen molar-refractivity contribution < 1.29 is 27.4 Å². The zero-order valence-corrected chi connectivity index (χ0v) is 24.5. The molecule has 4 rings (SSSR count). The normalized spacial score (nSPS) is 13.6. The second-order valence-corrected chi connectivity index (χ2v) is 11.6. The van der Waals surface area contributed by atoms with Crippen LogP contribution in [0.1, 0.15) is 21.5 Å². The predicted molar refractivity (Wildman–Crippen MR) is 155 cm³/mol. The smallest absolute Gasteiger partial charge is 0.254 e. The Morgan fingerprint density at radius 2 is 1.59 bits per heavy atom. The maximum atomic E-state index is 13.5. The third-order valence-electron chi connectivity index (χ3n) is 7.17. The van der Waals surface area contributed by atoms with Crippen molar-refractivity contribution in [2.24, 2.45) is 0 Å². The topological polar surface area (TPSA) is 112 Å².